The van der Waals surface area contributed by atoms with Crippen LogP contribution in [-0.2, 0) is 5.75 Å². The Bertz CT molecular complexity index is 1110. The van der Waals surface area contributed by atoms with Crippen LogP contribution >= 0.6 is 11.8 Å². The molecular weight excluding hydrogens is 380 g/mol. The van der Waals surface area contributed by atoms with Gasteiger partial charge in [0.2, 0.25) is 5.82 Å². The van der Waals surface area contributed by atoms with Crippen LogP contribution in [0.25, 0.3) is 17.1 Å². The van der Waals surface area contributed by atoms with Gasteiger partial charge >= 0.3 is 0 Å². The minimum absolute atomic E-state index is 0.158. The maximum atomic E-state index is 4.71. The molecule has 6 nitrogen and oxygen atoms in total. The monoisotopic (exact) mass is 404 g/mol. The van der Waals surface area contributed by atoms with Crippen molar-refractivity contribution < 1.29 is 0 Å². The van der Waals surface area contributed by atoms with E-state index >= 15 is 0 Å². The highest BCUT2D eigenvalue weighted by Gasteiger charge is 2.20. The number of aryl methyl sites for hydroxylation is 1. The fraction of sp³-hybridized carbons (Fsp3) is 0.273. The van der Waals surface area contributed by atoms with Gasteiger partial charge in [0.05, 0.1) is 23.5 Å². The average molecular weight is 405 g/mol. The first-order valence-electron chi connectivity index (χ1n) is 9.66. The Morgan fingerprint density at radius 2 is 1.79 bits per heavy atom. The van der Waals surface area contributed by atoms with Crippen LogP contribution in [0, 0.1) is 13.8 Å². The maximum Gasteiger partial charge on any atom is 0.209 e. The largest absolute Gasteiger partial charge is 0.226 e. The van der Waals surface area contributed by atoms with Gasteiger partial charge in [-0.25, -0.2) is 4.68 Å². The smallest absolute Gasteiger partial charge is 0.209 e. The van der Waals surface area contributed by atoms with Crippen LogP contribution < -0.4 is 0 Å². The summed E-state index contributed by atoms with van der Waals surface area (Å²) in [5, 5.41) is 18.8. The fourth-order valence-electron chi connectivity index (χ4n) is 3.04. The van der Waals surface area contributed by atoms with Crippen LogP contribution in [0.5, 0.6) is 0 Å². The first-order chi connectivity index (χ1) is 14.0. The van der Waals surface area contributed by atoms with E-state index in [0.29, 0.717) is 5.82 Å². The molecule has 0 bridgehead atoms. The summed E-state index contributed by atoms with van der Waals surface area (Å²) in [7, 11) is 0. The second kappa shape index (κ2) is 8.21. The van der Waals surface area contributed by atoms with E-state index in [9.17, 15) is 0 Å². The molecule has 7 heteroatoms. The van der Waals surface area contributed by atoms with Gasteiger partial charge in [-0.2, -0.15) is 9.90 Å². The Hall–Kier alpha value is -2.93. The summed E-state index contributed by atoms with van der Waals surface area (Å²) in [6, 6.07) is 16.9. The third kappa shape index (κ3) is 3.96. The molecule has 0 saturated heterocycles. The van der Waals surface area contributed by atoms with Crippen molar-refractivity contribution in [3.63, 3.8) is 0 Å². The Labute approximate surface area is 175 Å². The van der Waals surface area contributed by atoms with Gasteiger partial charge in [0, 0.05) is 5.75 Å². The van der Waals surface area contributed by atoms with Gasteiger partial charge in [-0.3, -0.25) is 0 Å². The van der Waals surface area contributed by atoms with Crippen molar-refractivity contribution in [3.8, 4) is 17.1 Å². The molecule has 0 amide bonds. The third-order valence-electron chi connectivity index (χ3n) is 4.88. The van der Waals surface area contributed by atoms with Gasteiger partial charge in [0.25, 0.3) is 0 Å². The molecule has 0 fully saturated rings. The van der Waals surface area contributed by atoms with Crippen LogP contribution in [0.4, 0.5) is 0 Å². The Morgan fingerprint density at radius 3 is 2.52 bits per heavy atom. The molecule has 0 saturated carbocycles. The highest BCUT2D eigenvalue weighted by Crippen LogP contribution is 2.34. The van der Waals surface area contributed by atoms with E-state index in [-0.39, 0.29) is 6.04 Å². The molecule has 0 aliphatic carbocycles. The summed E-state index contributed by atoms with van der Waals surface area (Å²) in [6.07, 6.45) is 1.84. The van der Waals surface area contributed by atoms with E-state index in [0.717, 1.165) is 22.0 Å². The number of benzene rings is 2. The predicted octanol–water partition coefficient (Wildman–Crippen LogP) is 5.02. The predicted molar refractivity (Wildman–Crippen MR) is 116 cm³/mol. The summed E-state index contributed by atoms with van der Waals surface area (Å²) in [4.78, 5) is 1.64. The van der Waals surface area contributed by atoms with Crippen molar-refractivity contribution in [2.24, 2.45) is 0 Å². The first kappa shape index (κ1) is 19.4. The fourth-order valence-corrected chi connectivity index (χ4v) is 4.11. The van der Waals surface area contributed by atoms with Crippen LogP contribution in [0.2, 0.25) is 0 Å². The quantitative estimate of drug-likeness (QED) is 0.423. The molecule has 0 atom stereocenters. The summed E-state index contributed by atoms with van der Waals surface area (Å²) >= 11 is 1.74. The topological polar surface area (TPSA) is 61.4 Å². The SMILES string of the molecule is Cc1cccc(-n2ncc(-c3nnn(C(C)C)n3)c2SCc2ccccc2)c1C. The molecule has 4 aromatic rings. The lowest BCUT2D eigenvalue weighted by Crippen LogP contribution is -2.05. The molecule has 2 aromatic carbocycles. The van der Waals surface area contributed by atoms with E-state index < -0.39 is 0 Å². The van der Waals surface area contributed by atoms with E-state index in [4.69, 9.17) is 5.10 Å². The third-order valence-corrected chi connectivity index (χ3v) is 6.02. The van der Waals surface area contributed by atoms with Crippen LogP contribution in [0.15, 0.2) is 59.8 Å². The zero-order valence-corrected chi connectivity index (χ0v) is 17.9. The number of tetrazole rings is 1. The Balaban J connectivity index is 1.78. The van der Waals surface area contributed by atoms with Crippen molar-refractivity contribution in [1.82, 2.24) is 30.0 Å². The zero-order chi connectivity index (χ0) is 20.4. The lowest BCUT2D eigenvalue weighted by Gasteiger charge is -2.12. The molecule has 4 rings (SSSR count). The summed E-state index contributed by atoms with van der Waals surface area (Å²) < 4.78 is 2.00. The van der Waals surface area contributed by atoms with Crippen molar-refractivity contribution >= 4 is 11.8 Å². The lowest BCUT2D eigenvalue weighted by molar-refractivity contribution is 0.455. The molecule has 0 radical (unpaired) electrons. The second-order valence-corrected chi connectivity index (χ2v) is 8.26. The molecule has 0 spiro atoms. The number of thioether (sulfide) groups is 1. The van der Waals surface area contributed by atoms with Crippen molar-refractivity contribution in [2.75, 3.05) is 0 Å². The molecule has 148 valence electrons. The van der Waals surface area contributed by atoms with E-state index in [1.807, 2.05) is 30.8 Å². The van der Waals surface area contributed by atoms with Crippen molar-refractivity contribution in [1.29, 1.82) is 0 Å². The van der Waals surface area contributed by atoms with Crippen LogP contribution in [0.1, 0.15) is 36.6 Å². The van der Waals surface area contributed by atoms with Gasteiger partial charge in [-0.1, -0.05) is 42.5 Å². The van der Waals surface area contributed by atoms with Gasteiger partial charge in [0.1, 0.15) is 5.03 Å². The van der Waals surface area contributed by atoms with E-state index in [1.54, 1.807) is 16.6 Å². The van der Waals surface area contributed by atoms with Crippen molar-refractivity contribution in [2.45, 2.75) is 44.5 Å². The molecule has 0 N–H and O–H groups in total. The van der Waals surface area contributed by atoms with Gasteiger partial charge in [-0.15, -0.1) is 22.0 Å². The van der Waals surface area contributed by atoms with Crippen LogP contribution in [0.3, 0.4) is 0 Å². The van der Waals surface area contributed by atoms with E-state index in [2.05, 4.69) is 71.7 Å². The molecular formula is C22H24N6S. The van der Waals surface area contributed by atoms with Gasteiger partial charge in [-0.05, 0) is 55.7 Å². The molecule has 29 heavy (non-hydrogen) atoms. The average Bonchev–Trinajstić information content (AvgIpc) is 3.36. The normalized spacial score (nSPS) is 11.3. The first-order valence-corrected chi connectivity index (χ1v) is 10.6. The lowest BCUT2D eigenvalue weighted by atomic mass is 10.1. The molecule has 2 heterocycles. The highest BCUT2D eigenvalue weighted by molar-refractivity contribution is 7.98. The number of rotatable bonds is 6. The standard InChI is InChI=1S/C22H24N6S/c1-15(2)28-25-21(24-26-28)19-13-23-27(20-12-8-9-16(3)17(20)4)22(19)29-14-18-10-6-5-7-11-18/h5-13,15H,14H2,1-4H3. The number of aromatic nitrogens is 6. The minimum atomic E-state index is 0.158. The summed E-state index contributed by atoms with van der Waals surface area (Å²) in [6.45, 7) is 8.33. The molecule has 2 aromatic heterocycles. The minimum Gasteiger partial charge on any atom is -0.226 e. The molecule has 0 aliphatic rings. The summed E-state index contributed by atoms with van der Waals surface area (Å²) in [5.41, 5.74) is 5.68. The number of nitrogens with zero attached hydrogens (tertiary/aromatic N) is 6. The Morgan fingerprint density at radius 1 is 1.00 bits per heavy atom. The van der Waals surface area contributed by atoms with Gasteiger partial charge < -0.3 is 0 Å². The van der Waals surface area contributed by atoms with Crippen molar-refractivity contribution in [3.05, 3.63) is 71.4 Å². The summed E-state index contributed by atoms with van der Waals surface area (Å²) in [5.74, 6) is 1.44. The van der Waals surface area contributed by atoms with Gasteiger partial charge in [0.15, 0.2) is 0 Å². The second-order valence-electron chi connectivity index (χ2n) is 7.30. The molecule has 0 unspecified atom stereocenters. The van der Waals surface area contributed by atoms with Crippen LogP contribution in [-0.4, -0.2) is 30.0 Å². The highest BCUT2D eigenvalue weighted by atomic mass is 32.2. The zero-order valence-electron chi connectivity index (χ0n) is 17.1. The maximum absolute atomic E-state index is 4.71. The van der Waals surface area contributed by atoms with E-state index in [1.165, 1.54) is 16.7 Å². The molecule has 0 aliphatic heterocycles. The number of hydrogen-bond donors (Lipinski definition) is 0. The number of hydrogen-bond acceptors (Lipinski definition) is 5. The Kier molecular flexibility index (Phi) is 5.49.